The van der Waals surface area contributed by atoms with Crippen LogP contribution in [0, 0.1) is 0 Å². The van der Waals surface area contributed by atoms with Gasteiger partial charge in [-0.1, -0.05) is 6.07 Å². The van der Waals surface area contributed by atoms with Crippen LogP contribution in [0.15, 0.2) is 48.5 Å². The van der Waals surface area contributed by atoms with E-state index in [2.05, 4.69) is 38.7 Å². The Kier molecular flexibility index (Phi) is 5.34. The van der Waals surface area contributed by atoms with Crippen molar-refractivity contribution < 1.29 is 23.0 Å². The molecule has 1 unspecified atom stereocenters. The second-order valence-corrected chi connectivity index (χ2v) is 7.60. The number of anilines is 2. The Labute approximate surface area is 173 Å². The van der Waals surface area contributed by atoms with Gasteiger partial charge in [0.05, 0.1) is 0 Å². The van der Waals surface area contributed by atoms with Gasteiger partial charge < -0.3 is 24.6 Å². The van der Waals surface area contributed by atoms with Crippen molar-refractivity contribution in [2.24, 2.45) is 0 Å². The predicted molar refractivity (Wildman–Crippen MR) is 111 cm³/mol. The van der Waals surface area contributed by atoms with Crippen LogP contribution in [0.4, 0.5) is 20.2 Å². The van der Waals surface area contributed by atoms with E-state index in [1.165, 1.54) is 24.3 Å². The van der Waals surface area contributed by atoms with Gasteiger partial charge in [-0.25, -0.2) is 0 Å². The lowest BCUT2D eigenvalue weighted by atomic mass is 10.2. The molecule has 30 heavy (non-hydrogen) atoms. The molecule has 1 atom stereocenters. The summed E-state index contributed by atoms with van der Waals surface area (Å²) in [6.45, 7) is 2.00. The van der Waals surface area contributed by atoms with Crippen molar-refractivity contribution in [3.8, 4) is 11.5 Å². The first kappa shape index (κ1) is 20.2. The smallest absolute Gasteiger partial charge is 0.395 e. The number of benzene rings is 2. The van der Waals surface area contributed by atoms with E-state index < -0.39 is 6.29 Å². The number of carbonyl (C=O) groups is 1. The maximum Gasteiger partial charge on any atom is 0.586 e. The molecule has 0 aliphatic carbocycles. The number of carbonyl (C=O) groups excluding carboxylic acids is 1. The molecule has 1 fully saturated rings. The Morgan fingerprint density at radius 2 is 1.90 bits per heavy atom. The summed E-state index contributed by atoms with van der Waals surface area (Å²) in [6, 6.07) is 12.6. The number of hydrogen-bond donors (Lipinski definition) is 1. The summed E-state index contributed by atoms with van der Waals surface area (Å²) in [4.78, 5) is 16.8. The molecule has 6 nitrogen and oxygen atoms in total. The largest absolute Gasteiger partial charge is 0.586 e. The topological polar surface area (TPSA) is 54.0 Å². The number of likely N-dealkylation sites (N-methyl/N-ethyl adjacent to an activating group) is 1. The number of alkyl halides is 2. The van der Waals surface area contributed by atoms with Gasteiger partial charge in [0.15, 0.2) is 11.5 Å². The van der Waals surface area contributed by atoms with E-state index in [9.17, 15) is 13.6 Å². The molecular formula is C22H23F2N3O3. The zero-order valence-corrected chi connectivity index (χ0v) is 16.8. The van der Waals surface area contributed by atoms with E-state index in [4.69, 9.17) is 0 Å². The van der Waals surface area contributed by atoms with Gasteiger partial charge in [-0.2, -0.15) is 0 Å². The summed E-state index contributed by atoms with van der Waals surface area (Å²) in [5.74, 6) is -0.409. The number of ether oxygens (including phenoxy) is 2. The zero-order valence-electron chi connectivity index (χ0n) is 16.8. The summed E-state index contributed by atoms with van der Waals surface area (Å²) in [5.41, 5.74) is 2.36. The molecule has 1 N–H and O–H groups in total. The van der Waals surface area contributed by atoms with Gasteiger partial charge in [-0.3, -0.25) is 4.79 Å². The molecule has 1 amide bonds. The second kappa shape index (κ2) is 7.95. The maximum atomic E-state index is 13.1. The highest BCUT2D eigenvalue weighted by Crippen LogP contribution is 2.41. The van der Waals surface area contributed by atoms with Gasteiger partial charge in [-0.05, 0) is 68.6 Å². The Balaban J connectivity index is 1.33. The number of nitrogens with one attached hydrogen (secondary N) is 1. The third-order valence-electron chi connectivity index (χ3n) is 5.25. The number of nitrogens with zero attached hydrogens (tertiary/aromatic N) is 2. The fraction of sp³-hybridized carbons (Fsp3) is 0.318. The van der Waals surface area contributed by atoms with Gasteiger partial charge in [-0.15, -0.1) is 8.78 Å². The Morgan fingerprint density at radius 3 is 2.60 bits per heavy atom. The van der Waals surface area contributed by atoms with Crippen molar-refractivity contribution in [2.45, 2.75) is 18.8 Å². The summed E-state index contributed by atoms with van der Waals surface area (Å²) >= 11 is 0. The molecule has 158 valence electrons. The standard InChI is InChI=1S/C22H23F2N3O3/c1-26(2)18-11-12-27(14-18)17-7-5-16(6-8-17)25-21(28)10-4-15-3-9-19-20(13-15)30-22(23,24)29-19/h3-10,13,18H,11-12,14H2,1-2H3,(H,25,28)/b10-4+. The van der Waals surface area contributed by atoms with Crippen LogP contribution in [-0.4, -0.2) is 50.3 Å². The minimum absolute atomic E-state index is 0.0309. The highest BCUT2D eigenvalue weighted by Gasteiger charge is 2.43. The van der Waals surface area contributed by atoms with Gasteiger partial charge in [0, 0.05) is 36.6 Å². The Morgan fingerprint density at radius 1 is 1.17 bits per heavy atom. The summed E-state index contributed by atoms with van der Waals surface area (Å²) in [6.07, 6.45) is 0.339. The average molecular weight is 415 g/mol. The normalized spacial score (nSPS) is 19.6. The molecule has 2 aliphatic rings. The van der Waals surface area contributed by atoms with Crippen LogP contribution in [-0.2, 0) is 4.79 Å². The molecule has 2 aliphatic heterocycles. The molecular weight excluding hydrogens is 392 g/mol. The fourth-order valence-corrected chi connectivity index (χ4v) is 3.58. The number of hydrogen-bond acceptors (Lipinski definition) is 5. The van der Waals surface area contributed by atoms with E-state index >= 15 is 0 Å². The van der Waals surface area contributed by atoms with Gasteiger partial charge >= 0.3 is 6.29 Å². The lowest BCUT2D eigenvalue weighted by Crippen LogP contribution is -2.31. The molecule has 0 aromatic heterocycles. The van der Waals surface area contributed by atoms with Gasteiger partial charge in [0.1, 0.15) is 0 Å². The lowest BCUT2D eigenvalue weighted by Gasteiger charge is -2.22. The van der Waals surface area contributed by atoms with Crippen LogP contribution in [0.1, 0.15) is 12.0 Å². The number of halogens is 2. The summed E-state index contributed by atoms with van der Waals surface area (Å²) < 4.78 is 34.9. The molecule has 0 spiro atoms. The van der Waals surface area contributed by atoms with E-state index in [-0.39, 0.29) is 17.4 Å². The number of amides is 1. The average Bonchev–Trinajstić information content (AvgIpc) is 3.30. The third kappa shape index (κ3) is 4.54. The SMILES string of the molecule is CN(C)C1CCN(c2ccc(NC(=O)/C=C/c3ccc4c(c3)OC(F)(F)O4)cc2)C1. The van der Waals surface area contributed by atoms with Crippen molar-refractivity contribution in [3.05, 3.63) is 54.1 Å². The van der Waals surface area contributed by atoms with Crippen molar-refractivity contribution in [2.75, 3.05) is 37.4 Å². The van der Waals surface area contributed by atoms with E-state index in [0.29, 0.717) is 17.3 Å². The Hall–Kier alpha value is -3.13. The van der Waals surface area contributed by atoms with Crippen LogP contribution in [0.3, 0.4) is 0 Å². The van der Waals surface area contributed by atoms with Crippen LogP contribution < -0.4 is 19.7 Å². The molecule has 2 aromatic rings. The van der Waals surface area contributed by atoms with Crippen molar-refractivity contribution >= 4 is 23.4 Å². The third-order valence-corrected chi connectivity index (χ3v) is 5.25. The molecule has 0 bridgehead atoms. The molecule has 0 radical (unpaired) electrons. The first-order valence-corrected chi connectivity index (χ1v) is 9.69. The van der Waals surface area contributed by atoms with E-state index in [1.54, 1.807) is 6.07 Å². The molecule has 2 heterocycles. The number of rotatable bonds is 5. The van der Waals surface area contributed by atoms with E-state index in [0.717, 1.165) is 25.2 Å². The van der Waals surface area contributed by atoms with Gasteiger partial charge in [0.25, 0.3) is 0 Å². The summed E-state index contributed by atoms with van der Waals surface area (Å²) in [7, 11) is 4.19. The van der Waals surface area contributed by atoms with Crippen LogP contribution >= 0.6 is 0 Å². The van der Waals surface area contributed by atoms with Crippen molar-refractivity contribution in [3.63, 3.8) is 0 Å². The lowest BCUT2D eigenvalue weighted by molar-refractivity contribution is -0.286. The van der Waals surface area contributed by atoms with Gasteiger partial charge in [0.2, 0.25) is 5.91 Å². The van der Waals surface area contributed by atoms with Crippen molar-refractivity contribution in [1.29, 1.82) is 0 Å². The van der Waals surface area contributed by atoms with Crippen LogP contribution in [0.2, 0.25) is 0 Å². The summed E-state index contributed by atoms with van der Waals surface area (Å²) in [5, 5.41) is 2.79. The predicted octanol–water partition coefficient (Wildman–Crippen LogP) is 3.80. The van der Waals surface area contributed by atoms with Crippen LogP contribution in [0.25, 0.3) is 6.08 Å². The molecule has 8 heteroatoms. The monoisotopic (exact) mass is 415 g/mol. The molecule has 0 saturated carbocycles. The fourth-order valence-electron chi connectivity index (χ4n) is 3.58. The minimum atomic E-state index is -3.66. The second-order valence-electron chi connectivity index (χ2n) is 7.60. The first-order chi connectivity index (χ1) is 14.3. The first-order valence-electron chi connectivity index (χ1n) is 9.69. The zero-order chi connectivity index (χ0) is 21.3. The highest BCUT2D eigenvalue weighted by molar-refractivity contribution is 6.02. The molecule has 2 aromatic carbocycles. The Bertz CT molecular complexity index is 961. The minimum Gasteiger partial charge on any atom is -0.395 e. The quantitative estimate of drug-likeness (QED) is 0.753. The van der Waals surface area contributed by atoms with E-state index in [1.807, 2.05) is 24.3 Å². The van der Waals surface area contributed by atoms with Crippen LogP contribution in [0.5, 0.6) is 11.5 Å². The van der Waals surface area contributed by atoms with Crippen molar-refractivity contribution in [1.82, 2.24) is 4.90 Å². The molecule has 1 saturated heterocycles. The highest BCUT2D eigenvalue weighted by atomic mass is 19.3. The maximum absolute atomic E-state index is 13.1. The molecule has 4 rings (SSSR count). The number of fused-ring (bicyclic) bond motifs is 1.